The molecule has 0 amide bonds. The average molecular weight is 246 g/mol. The Bertz CT molecular complexity index is 432. The van der Waals surface area contributed by atoms with Gasteiger partial charge >= 0.3 is 0 Å². The molecule has 1 spiro atoms. The van der Waals surface area contributed by atoms with E-state index in [2.05, 4.69) is 18.9 Å². The van der Waals surface area contributed by atoms with Gasteiger partial charge in [0.05, 0.1) is 6.61 Å². The molecule has 18 heavy (non-hydrogen) atoms. The van der Waals surface area contributed by atoms with Gasteiger partial charge in [-0.05, 0) is 49.2 Å². The molecule has 0 aromatic heterocycles. The number of rotatable bonds is 1. The van der Waals surface area contributed by atoms with Crippen molar-refractivity contribution in [3.05, 3.63) is 30.0 Å². The fourth-order valence-electron chi connectivity index (χ4n) is 4.42. The third-order valence-electron chi connectivity index (χ3n) is 5.35. The molecule has 2 aliphatic carbocycles. The maximum absolute atomic E-state index is 6.07. The summed E-state index contributed by atoms with van der Waals surface area (Å²) in [6.07, 6.45) is 6.79. The zero-order chi connectivity index (χ0) is 12.8. The van der Waals surface area contributed by atoms with Gasteiger partial charge in [0.15, 0.2) is 5.79 Å². The molecular weight excluding hydrogens is 224 g/mol. The molecule has 1 aliphatic heterocycles. The highest BCUT2D eigenvalue weighted by Gasteiger charge is 2.59. The van der Waals surface area contributed by atoms with Gasteiger partial charge in [-0.2, -0.15) is 0 Å². The van der Waals surface area contributed by atoms with Crippen molar-refractivity contribution in [3.63, 3.8) is 0 Å². The van der Waals surface area contributed by atoms with E-state index in [-0.39, 0.29) is 5.41 Å². The fraction of sp³-hybridized carbons (Fsp3) is 0.688. The molecule has 0 radical (unpaired) electrons. The Morgan fingerprint density at radius 1 is 1.39 bits per heavy atom. The molecule has 0 unspecified atom stereocenters. The Labute approximate surface area is 109 Å². The van der Waals surface area contributed by atoms with Gasteiger partial charge < -0.3 is 9.47 Å². The van der Waals surface area contributed by atoms with Gasteiger partial charge in [-0.1, -0.05) is 13.2 Å². The fourth-order valence-corrected chi connectivity index (χ4v) is 4.42. The summed E-state index contributed by atoms with van der Waals surface area (Å²) in [5.74, 6) is 0.000324. The van der Waals surface area contributed by atoms with E-state index in [1.54, 1.807) is 7.11 Å². The van der Waals surface area contributed by atoms with Crippen LogP contribution in [-0.2, 0) is 9.47 Å². The Hall–Kier alpha value is -0.820. The van der Waals surface area contributed by atoms with Gasteiger partial charge in [0.2, 0.25) is 0 Å². The number of fused-ring (bicyclic) bond motifs is 1. The minimum Gasteiger partial charge on any atom is -0.349 e. The van der Waals surface area contributed by atoms with E-state index in [0.717, 1.165) is 31.4 Å². The zero-order valence-corrected chi connectivity index (χ0v) is 11.3. The van der Waals surface area contributed by atoms with Gasteiger partial charge in [0.1, 0.15) is 0 Å². The van der Waals surface area contributed by atoms with E-state index < -0.39 is 5.79 Å². The van der Waals surface area contributed by atoms with Crippen LogP contribution in [0.1, 0.15) is 38.5 Å². The first-order valence-corrected chi connectivity index (χ1v) is 6.98. The molecule has 3 fully saturated rings. The summed E-state index contributed by atoms with van der Waals surface area (Å²) in [7, 11) is 1.74. The summed E-state index contributed by atoms with van der Waals surface area (Å²) in [6, 6.07) is 0. The number of ether oxygens (including phenoxy) is 2. The third-order valence-corrected chi connectivity index (χ3v) is 5.35. The predicted octanol–water partition coefficient (Wildman–Crippen LogP) is 3.60. The summed E-state index contributed by atoms with van der Waals surface area (Å²) in [6.45, 7) is 9.08. The van der Waals surface area contributed by atoms with E-state index in [0.29, 0.717) is 5.92 Å². The monoisotopic (exact) mass is 246 g/mol. The second kappa shape index (κ2) is 4.09. The van der Waals surface area contributed by atoms with Crippen molar-refractivity contribution in [2.24, 2.45) is 11.3 Å². The van der Waals surface area contributed by atoms with E-state index >= 15 is 0 Å². The Balaban J connectivity index is 2.12. The molecule has 2 bridgehead atoms. The van der Waals surface area contributed by atoms with E-state index in [9.17, 15) is 0 Å². The first-order valence-electron chi connectivity index (χ1n) is 6.98. The number of hydrogen-bond donors (Lipinski definition) is 0. The Kier molecular flexibility index (Phi) is 2.78. The average Bonchev–Trinajstić information content (AvgIpc) is 2.39. The summed E-state index contributed by atoms with van der Waals surface area (Å²) >= 11 is 0. The van der Waals surface area contributed by atoms with E-state index in [1.165, 1.54) is 24.8 Å². The van der Waals surface area contributed by atoms with Crippen LogP contribution in [0.2, 0.25) is 0 Å². The Morgan fingerprint density at radius 3 is 2.94 bits per heavy atom. The van der Waals surface area contributed by atoms with Crippen molar-refractivity contribution in [2.45, 2.75) is 44.3 Å². The summed E-state index contributed by atoms with van der Waals surface area (Å²) in [4.78, 5) is 0. The van der Waals surface area contributed by atoms with Crippen molar-refractivity contribution >= 4 is 0 Å². The van der Waals surface area contributed by atoms with Crippen molar-refractivity contribution in [3.8, 4) is 0 Å². The van der Waals surface area contributed by atoms with E-state index in [4.69, 9.17) is 9.47 Å². The molecule has 0 aromatic carbocycles. The van der Waals surface area contributed by atoms with Crippen LogP contribution in [0, 0.1) is 11.3 Å². The van der Waals surface area contributed by atoms with Gasteiger partial charge in [-0.25, -0.2) is 0 Å². The maximum Gasteiger partial charge on any atom is 0.191 e. The van der Waals surface area contributed by atoms with Crippen LogP contribution in [-0.4, -0.2) is 19.5 Å². The second-order valence-electron chi connectivity index (χ2n) is 5.82. The van der Waals surface area contributed by atoms with Crippen LogP contribution in [0.3, 0.4) is 0 Å². The van der Waals surface area contributed by atoms with Crippen molar-refractivity contribution < 1.29 is 9.47 Å². The molecule has 2 saturated carbocycles. The largest absolute Gasteiger partial charge is 0.349 e. The third kappa shape index (κ3) is 1.31. The van der Waals surface area contributed by atoms with Crippen LogP contribution in [0.5, 0.6) is 0 Å². The molecule has 0 N–H and O–H groups in total. The summed E-state index contributed by atoms with van der Waals surface area (Å²) in [5.41, 5.74) is 5.76. The zero-order valence-electron chi connectivity index (χ0n) is 11.3. The highest BCUT2D eigenvalue weighted by atomic mass is 16.7. The molecule has 2 nitrogen and oxygen atoms in total. The number of hydrogen-bond acceptors (Lipinski definition) is 2. The molecule has 3 rings (SSSR count). The molecule has 3 atom stereocenters. The molecule has 3 aliphatic rings. The SMILES string of the molecule is C=C=C1CCC[C@@H]2CO[C@]3(OC)CCC[C@]12C3=C. The van der Waals surface area contributed by atoms with Crippen LogP contribution in [0.15, 0.2) is 30.0 Å². The van der Waals surface area contributed by atoms with Gasteiger partial charge in [-0.3, -0.25) is 0 Å². The predicted molar refractivity (Wildman–Crippen MR) is 71.1 cm³/mol. The van der Waals surface area contributed by atoms with Crippen molar-refractivity contribution in [1.82, 2.24) is 0 Å². The number of allylic oxidation sites excluding steroid dienone is 1. The van der Waals surface area contributed by atoms with E-state index in [1.807, 2.05) is 0 Å². The second-order valence-corrected chi connectivity index (χ2v) is 5.82. The maximum atomic E-state index is 6.07. The lowest BCUT2D eigenvalue weighted by Gasteiger charge is -2.59. The lowest BCUT2D eigenvalue weighted by molar-refractivity contribution is -0.256. The van der Waals surface area contributed by atoms with Crippen LogP contribution in [0.25, 0.3) is 0 Å². The quantitative estimate of drug-likeness (QED) is 0.520. The number of methoxy groups -OCH3 is 1. The van der Waals surface area contributed by atoms with Gasteiger partial charge in [0, 0.05) is 18.9 Å². The van der Waals surface area contributed by atoms with Crippen LogP contribution in [0.4, 0.5) is 0 Å². The highest BCUT2D eigenvalue weighted by molar-refractivity contribution is 5.38. The smallest absolute Gasteiger partial charge is 0.191 e. The van der Waals surface area contributed by atoms with Crippen LogP contribution < -0.4 is 0 Å². The molecule has 1 heterocycles. The topological polar surface area (TPSA) is 18.5 Å². The highest BCUT2D eigenvalue weighted by Crippen LogP contribution is 2.62. The van der Waals surface area contributed by atoms with Crippen molar-refractivity contribution in [2.75, 3.05) is 13.7 Å². The standard InChI is InChI=1S/C16H22O2/c1-4-13-7-5-8-14-11-18-16(17-3)10-6-9-15(13,14)12(16)2/h14H,1-2,5-11H2,3H3/t14-,15+,16-/m1/s1. The minimum absolute atomic E-state index is 0.0620. The molecular formula is C16H22O2. The lowest BCUT2D eigenvalue weighted by Crippen LogP contribution is -2.57. The molecule has 98 valence electrons. The Morgan fingerprint density at radius 2 is 2.22 bits per heavy atom. The normalized spacial score (nSPS) is 43.3. The van der Waals surface area contributed by atoms with Gasteiger partial charge in [0.25, 0.3) is 0 Å². The van der Waals surface area contributed by atoms with Crippen molar-refractivity contribution in [1.29, 1.82) is 0 Å². The first-order chi connectivity index (χ1) is 8.69. The lowest BCUT2D eigenvalue weighted by atomic mass is 9.52. The minimum atomic E-state index is -0.547. The molecule has 0 aromatic rings. The summed E-state index contributed by atoms with van der Waals surface area (Å²) in [5, 5.41) is 0. The molecule has 1 saturated heterocycles. The van der Waals surface area contributed by atoms with Crippen LogP contribution >= 0.6 is 0 Å². The summed E-state index contributed by atoms with van der Waals surface area (Å²) < 4.78 is 11.8. The van der Waals surface area contributed by atoms with Gasteiger partial charge in [-0.15, -0.1) is 5.73 Å². The first kappa shape index (κ1) is 12.2. The molecule has 2 heteroatoms.